The van der Waals surface area contributed by atoms with Crippen LogP contribution in [0.25, 0.3) is 0 Å². The van der Waals surface area contributed by atoms with Gasteiger partial charge in [-0.2, -0.15) is 0 Å². The first-order valence-electron chi connectivity index (χ1n) is 7.27. The summed E-state index contributed by atoms with van der Waals surface area (Å²) in [4.78, 5) is 21.9. The molecule has 6 heteroatoms. The van der Waals surface area contributed by atoms with Gasteiger partial charge in [-0.1, -0.05) is 38.4 Å². The van der Waals surface area contributed by atoms with E-state index in [1.807, 2.05) is 52.8 Å². The number of nitrogens with zero attached hydrogens (tertiary/aromatic N) is 2. The van der Waals surface area contributed by atoms with Gasteiger partial charge < -0.3 is 5.32 Å². The number of hydrogen-bond acceptors (Lipinski definition) is 4. The second-order valence-corrected chi connectivity index (χ2v) is 7.74. The van der Waals surface area contributed by atoms with Crippen molar-refractivity contribution < 1.29 is 4.79 Å². The molecule has 122 valence electrons. The number of benzene rings is 1. The van der Waals surface area contributed by atoms with E-state index in [0.717, 1.165) is 16.3 Å². The number of carbonyl (C=O) groups excluding carboxylic acids is 1. The van der Waals surface area contributed by atoms with E-state index < -0.39 is 5.41 Å². The Balaban J connectivity index is 2.36. The number of anilines is 1. The quantitative estimate of drug-likeness (QED) is 0.802. The van der Waals surface area contributed by atoms with Gasteiger partial charge in [0.2, 0.25) is 5.91 Å². The number of carbonyl (C=O) groups is 1. The van der Waals surface area contributed by atoms with Crippen LogP contribution in [0, 0.1) is 19.3 Å². The number of halogens is 1. The molecule has 0 aliphatic rings. The number of hydrogen-bond donors (Lipinski definition) is 1. The molecule has 0 saturated heterocycles. The van der Waals surface area contributed by atoms with Gasteiger partial charge in [-0.3, -0.25) is 4.79 Å². The smallest absolute Gasteiger partial charge is 0.229 e. The van der Waals surface area contributed by atoms with Crippen molar-refractivity contribution in [3.8, 4) is 0 Å². The molecular formula is C17H20ClN3OS. The SMILES string of the molecule is Cc1cc(C)nc(Sc2c(Cl)cccc2NC(=O)C(C)(C)C)n1. The van der Waals surface area contributed by atoms with Crippen LogP contribution in [0.4, 0.5) is 5.69 Å². The summed E-state index contributed by atoms with van der Waals surface area (Å²) in [6.07, 6.45) is 0. The van der Waals surface area contributed by atoms with E-state index >= 15 is 0 Å². The van der Waals surface area contributed by atoms with Crippen LogP contribution in [0.2, 0.25) is 5.02 Å². The molecule has 0 saturated carbocycles. The number of rotatable bonds is 3. The Morgan fingerprint density at radius 2 is 1.78 bits per heavy atom. The number of nitrogens with one attached hydrogen (secondary N) is 1. The Bertz CT molecular complexity index is 721. The Morgan fingerprint density at radius 3 is 2.35 bits per heavy atom. The van der Waals surface area contributed by atoms with Gasteiger partial charge in [0.05, 0.1) is 15.6 Å². The fourth-order valence-corrected chi connectivity index (χ4v) is 3.10. The van der Waals surface area contributed by atoms with Crippen LogP contribution < -0.4 is 5.32 Å². The maximum absolute atomic E-state index is 12.3. The highest BCUT2D eigenvalue weighted by atomic mass is 35.5. The number of aryl methyl sites for hydroxylation is 2. The highest BCUT2D eigenvalue weighted by molar-refractivity contribution is 7.99. The van der Waals surface area contributed by atoms with Gasteiger partial charge in [-0.15, -0.1) is 0 Å². The Morgan fingerprint density at radius 1 is 1.17 bits per heavy atom. The van der Waals surface area contributed by atoms with Crippen molar-refractivity contribution in [3.05, 3.63) is 40.7 Å². The van der Waals surface area contributed by atoms with Crippen molar-refractivity contribution >= 4 is 35.0 Å². The lowest BCUT2D eigenvalue weighted by Crippen LogP contribution is -2.27. The minimum Gasteiger partial charge on any atom is -0.325 e. The van der Waals surface area contributed by atoms with Crippen molar-refractivity contribution in [3.63, 3.8) is 0 Å². The zero-order valence-electron chi connectivity index (χ0n) is 13.9. The third-order valence-electron chi connectivity index (χ3n) is 3.05. The summed E-state index contributed by atoms with van der Waals surface area (Å²) in [5.74, 6) is -0.0667. The van der Waals surface area contributed by atoms with Crippen molar-refractivity contribution in [2.45, 2.75) is 44.7 Å². The van der Waals surface area contributed by atoms with Crippen molar-refractivity contribution in [1.82, 2.24) is 9.97 Å². The lowest BCUT2D eigenvalue weighted by Gasteiger charge is -2.19. The fraction of sp³-hybridized carbons (Fsp3) is 0.353. The largest absolute Gasteiger partial charge is 0.325 e. The van der Waals surface area contributed by atoms with E-state index in [9.17, 15) is 4.79 Å². The Labute approximate surface area is 146 Å². The van der Waals surface area contributed by atoms with E-state index in [1.165, 1.54) is 11.8 Å². The van der Waals surface area contributed by atoms with Crippen molar-refractivity contribution in [2.75, 3.05) is 5.32 Å². The molecule has 0 aliphatic heterocycles. The summed E-state index contributed by atoms with van der Waals surface area (Å²) in [7, 11) is 0. The predicted molar refractivity (Wildman–Crippen MR) is 95.2 cm³/mol. The third-order valence-corrected chi connectivity index (χ3v) is 4.49. The first-order valence-corrected chi connectivity index (χ1v) is 8.46. The molecule has 0 unspecified atom stereocenters. The Kier molecular flexibility index (Phi) is 5.32. The third kappa shape index (κ3) is 4.69. The molecule has 0 radical (unpaired) electrons. The molecule has 1 amide bonds. The average molecular weight is 350 g/mol. The maximum Gasteiger partial charge on any atom is 0.229 e. The van der Waals surface area contributed by atoms with Gasteiger partial charge in [0, 0.05) is 16.8 Å². The van der Waals surface area contributed by atoms with Crippen LogP contribution in [0.5, 0.6) is 0 Å². The van der Waals surface area contributed by atoms with E-state index in [1.54, 1.807) is 6.07 Å². The summed E-state index contributed by atoms with van der Waals surface area (Å²) in [5.41, 5.74) is 1.98. The topological polar surface area (TPSA) is 54.9 Å². The summed E-state index contributed by atoms with van der Waals surface area (Å²) in [5, 5.41) is 4.11. The summed E-state index contributed by atoms with van der Waals surface area (Å²) in [6, 6.07) is 7.35. The first kappa shape index (κ1) is 17.8. The molecule has 1 aromatic heterocycles. The van der Waals surface area contributed by atoms with Crippen LogP contribution in [-0.2, 0) is 4.79 Å². The number of aromatic nitrogens is 2. The van der Waals surface area contributed by atoms with Gasteiger partial charge in [-0.25, -0.2) is 9.97 Å². The predicted octanol–water partition coefficient (Wildman–Crippen LogP) is 4.88. The van der Waals surface area contributed by atoms with Gasteiger partial charge in [0.25, 0.3) is 0 Å². The van der Waals surface area contributed by atoms with Crippen LogP contribution in [0.1, 0.15) is 32.2 Å². The van der Waals surface area contributed by atoms with Crippen LogP contribution in [0.3, 0.4) is 0 Å². The van der Waals surface area contributed by atoms with Crippen LogP contribution >= 0.6 is 23.4 Å². The zero-order valence-corrected chi connectivity index (χ0v) is 15.5. The van der Waals surface area contributed by atoms with Crippen LogP contribution in [0.15, 0.2) is 34.3 Å². The minimum atomic E-state index is -0.485. The van der Waals surface area contributed by atoms with E-state index in [4.69, 9.17) is 11.6 Å². The van der Waals surface area contributed by atoms with Gasteiger partial charge in [0.1, 0.15) is 0 Å². The maximum atomic E-state index is 12.3. The minimum absolute atomic E-state index is 0.0667. The molecule has 0 spiro atoms. The molecule has 4 nitrogen and oxygen atoms in total. The molecule has 2 aromatic rings. The second-order valence-electron chi connectivity index (χ2n) is 6.36. The molecule has 0 fully saturated rings. The van der Waals surface area contributed by atoms with E-state index in [-0.39, 0.29) is 5.91 Å². The van der Waals surface area contributed by atoms with E-state index in [0.29, 0.717) is 15.9 Å². The van der Waals surface area contributed by atoms with E-state index in [2.05, 4.69) is 15.3 Å². The summed E-state index contributed by atoms with van der Waals surface area (Å²) >= 11 is 7.68. The highest BCUT2D eigenvalue weighted by Gasteiger charge is 2.23. The van der Waals surface area contributed by atoms with Crippen molar-refractivity contribution in [2.24, 2.45) is 5.41 Å². The molecule has 1 N–H and O–H groups in total. The lowest BCUT2D eigenvalue weighted by molar-refractivity contribution is -0.123. The standard InChI is InChI=1S/C17H20ClN3OS/c1-10-9-11(2)20-16(19-10)23-14-12(18)7-6-8-13(14)21-15(22)17(3,4)5/h6-9H,1-5H3,(H,21,22). The second kappa shape index (κ2) is 6.89. The summed E-state index contributed by atoms with van der Waals surface area (Å²) in [6.45, 7) is 9.45. The molecule has 2 rings (SSSR count). The zero-order chi connectivity index (χ0) is 17.2. The molecule has 0 aliphatic carbocycles. The molecule has 0 bridgehead atoms. The molecule has 1 heterocycles. The molecular weight excluding hydrogens is 330 g/mol. The molecule has 1 aromatic carbocycles. The summed E-state index contributed by atoms with van der Waals surface area (Å²) < 4.78 is 0. The lowest BCUT2D eigenvalue weighted by atomic mass is 9.95. The highest BCUT2D eigenvalue weighted by Crippen LogP contribution is 2.38. The first-order chi connectivity index (χ1) is 10.7. The molecule has 23 heavy (non-hydrogen) atoms. The normalized spacial score (nSPS) is 11.4. The molecule has 0 atom stereocenters. The monoisotopic (exact) mass is 349 g/mol. The Hall–Kier alpha value is -1.59. The van der Waals surface area contributed by atoms with Crippen molar-refractivity contribution in [1.29, 1.82) is 0 Å². The van der Waals surface area contributed by atoms with Gasteiger partial charge in [0.15, 0.2) is 5.16 Å². The van der Waals surface area contributed by atoms with Gasteiger partial charge in [-0.05, 0) is 43.8 Å². The van der Waals surface area contributed by atoms with Gasteiger partial charge >= 0.3 is 0 Å². The average Bonchev–Trinajstić information content (AvgIpc) is 2.40. The fourth-order valence-electron chi connectivity index (χ4n) is 1.85. The van der Waals surface area contributed by atoms with Crippen LogP contribution in [-0.4, -0.2) is 15.9 Å². The number of amides is 1.